The molecule has 0 radical (unpaired) electrons. The van der Waals surface area contributed by atoms with E-state index in [1.54, 1.807) is 72.8 Å². The highest BCUT2D eigenvalue weighted by atomic mass is 79.9. The number of fused-ring (bicyclic) bond motifs is 3. The Morgan fingerprint density at radius 2 is 1.38 bits per heavy atom. The van der Waals surface area contributed by atoms with Crippen molar-refractivity contribution in [1.29, 1.82) is 0 Å². The largest absolute Gasteiger partial charge is 0.349 e. The summed E-state index contributed by atoms with van der Waals surface area (Å²) in [6, 6.07) is 19.8. The molecular formula is C26H15BrClNO5. The molecule has 6 rings (SSSR count). The Morgan fingerprint density at radius 3 is 2.00 bits per heavy atom. The van der Waals surface area contributed by atoms with Crippen molar-refractivity contribution < 1.29 is 23.9 Å². The molecule has 8 heteroatoms. The minimum Gasteiger partial charge on any atom is -0.349 e. The van der Waals surface area contributed by atoms with Crippen LogP contribution in [-0.2, 0) is 14.3 Å². The Bertz CT molecular complexity index is 1380. The Labute approximate surface area is 207 Å². The zero-order chi connectivity index (χ0) is 23.8. The summed E-state index contributed by atoms with van der Waals surface area (Å²) < 4.78 is 6.93. The molecule has 0 unspecified atom stereocenters. The van der Waals surface area contributed by atoms with Crippen molar-refractivity contribution in [3.8, 4) is 0 Å². The molecule has 2 heterocycles. The highest BCUT2D eigenvalue weighted by Crippen LogP contribution is 2.58. The van der Waals surface area contributed by atoms with Crippen LogP contribution >= 0.6 is 27.5 Å². The van der Waals surface area contributed by atoms with Crippen molar-refractivity contribution in [1.82, 2.24) is 0 Å². The predicted molar refractivity (Wildman–Crippen MR) is 127 cm³/mol. The molecule has 2 amide bonds. The zero-order valence-corrected chi connectivity index (χ0v) is 19.7. The second-order valence-corrected chi connectivity index (χ2v) is 9.78. The molecule has 3 aliphatic rings. The molecule has 3 aromatic rings. The maximum Gasteiger partial charge on any atom is 0.241 e. The van der Waals surface area contributed by atoms with Crippen LogP contribution in [-0.4, -0.2) is 29.0 Å². The van der Waals surface area contributed by atoms with Gasteiger partial charge in [-0.2, -0.15) is 0 Å². The van der Waals surface area contributed by atoms with Gasteiger partial charge in [-0.05, 0) is 35.9 Å². The average molecular weight is 537 g/mol. The Kier molecular flexibility index (Phi) is 4.68. The van der Waals surface area contributed by atoms with E-state index in [-0.39, 0.29) is 11.1 Å². The zero-order valence-electron chi connectivity index (χ0n) is 17.4. The van der Waals surface area contributed by atoms with E-state index < -0.39 is 46.9 Å². The molecule has 2 aliphatic heterocycles. The van der Waals surface area contributed by atoms with E-state index in [2.05, 4.69) is 15.9 Å². The van der Waals surface area contributed by atoms with Crippen LogP contribution in [0.4, 0.5) is 5.69 Å². The second-order valence-electron chi connectivity index (χ2n) is 8.49. The number of imide groups is 1. The first-order chi connectivity index (χ1) is 16.4. The van der Waals surface area contributed by atoms with Gasteiger partial charge in [0.15, 0.2) is 0 Å². The van der Waals surface area contributed by atoms with Gasteiger partial charge in [0.25, 0.3) is 0 Å². The first kappa shape index (κ1) is 21.4. The van der Waals surface area contributed by atoms with Gasteiger partial charge in [-0.3, -0.25) is 19.2 Å². The molecule has 2 saturated heterocycles. The smallest absolute Gasteiger partial charge is 0.241 e. The lowest BCUT2D eigenvalue weighted by Gasteiger charge is -2.27. The molecule has 1 aliphatic carbocycles. The number of benzene rings is 3. The Hall–Kier alpha value is -3.13. The number of ether oxygens (including phenoxy) is 1. The summed E-state index contributed by atoms with van der Waals surface area (Å²) in [4.78, 5) is 56.1. The van der Waals surface area contributed by atoms with Crippen LogP contribution in [0.1, 0.15) is 32.4 Å². The molecule has 0 bridgehead atoms. The number of rotatable bonds is 2. The van der Waals surface area contributed by atoms with Crippen molar-refractivity contribution in [2.24, 2.45) is 11.8 Å². The summed E-state index contributed by atoms with van der Waals surface area (Å²) in [7, 11) is 0. The molecule has 3 atom stereocenters. The van der Waals surface area contributed by atoms with Crippen LogP contribution in [0, 0.1) is 11.8 Å². The quantitative estimate of drug-likeness (QED) is 0.347. The molecular weight excluding hydrogens is 522 g/mol. The number of amides is 2. The van der Waals surface area contributed by atoms with Crippen LogP contribution in [0.15, 0.2) is 77.3 Å². The van der Waals surface area contributed by atoms with Crippen molar-refractivity contribution >= 4 is 56.6 Å². The first-order valence-corrected chi connectivity index (χ1v) is 11.8. The molecule has 34 heavy (non-hydrogen) atoms. The summed E-state index contributed by atoms with van der Waals surface area (Å²) in [5.41, 5.74) is -0.786. The average Bonchev–Trinajstić information content (AvgIpc) is 3.40. The van der Waals surface area contributed by atoms with Gasteiger partial charge < -0.3 is 4.74 Å². The van der Waals surface area contributed by atoms with E-state index in [1.165, 1.54) is 0 Å². The van der Waals surface area contributed by atoms with Gasteiger partial charge in [0.05, 0.1) is 23.6 Å². The summed E-state index contributed by atoms with van der Waals surface area (Å²) in [6.07, 6.45) is -0.975. The lowest BCUT2D eigenvalue weighted by Crippen LogP contribution is -2.51. The van der Waals surface area contributed by atoms with Gasteiger partial charge in [-0.1, -0.05) is 70.0 Å². The lowest BCUT2D eigenvalue weighted by atomic mass is 9.77. The van der Waals surface area contributed by atoms with Gasteiger partial charge in [0.1, 0.15) is 0 Å². The van der Waals surface area contributed by atoms with Gasteiger partial charge in [0, 0.05) is 20.6 Å². The van der Waals surface area contributed by atoms with Crippen molar-refractivity contribution in [3.05, 3.63) is 99.0 Å². The van der Waals surface area contributed by atoms with Crippen LogP contribution < -0.4 is 4.90 Å². The number of anilines is 1. The first-order valence-electron chi connectivity index (χ1n) is 10.6. The van der Waals surface area contributed by atoms with Crippen LogP contribution in [0.25, 0.3) is 0 Å². The number of carbonyl (C=O) groups is 4. The predicted octanol–water partition coefficient (Wildman–Crippen LogP) is 4.80. The van der Waals surface area contributed by atoms with Gasteiger partial charge in [-0.25, -0.2) is 4.90 Å². The summed E-state index contributed by atoms with van der Waals surface area (Å²) >= 11 is 9.48. The standard InChI is InChI=1S/C26H15BrClNO5/c27-18-8-4-3-7-17(18)21-19-20(25(33)29(24(19)32)14-11-9-13(28)10-12-14)26(34-21)22(30)15-5-1-2-6-16(15)23(26)31/h1-12,19-21H/t19-,20-,21-/m0/s1. The molecule has 0 saturated carbocycles. The molecule has 2 fully saturated rings. The fraction of sp³-hybridized carbons (Fsp3) is 0.154. The lowest BCUT2D eigenvalue weighted by molar-refractivity contribution is -0.127. The number of ketones is 2. The molecule has 0 N–H and O–H groups in total. The SMILES string of the molecule is O=C1[C@H]2[C@@H](C(=O)N1c1ccc(Cl)cc1)C1(O[C@H]2c2ccccc2Br)C(=O)c2ccccc2C1=O. The number of hydrogen-bond donors (Lipinski definition) is 0. The van der Waals surface area contributed by atoms with Crippen LogP contribution in [0.5, 0.6) is 0 Å². The normalized spacial score (nSPS) is 24.8. The molecule has 168 valence electrons. The Balaban J connectivity index is 1.56. The maximum atomic E-state index is 13.8. The number of hydrogen-bond acceptors (Lipinski definition) is 5. The van der Waals surface area contributed by atoms with E-state index in [4.69, 9.17) is 16.3 Å². The summed E-state index contributed by atoms with van der Waals surface area (Å²) in [6.45, 7) is 0. The van der Waals surface area contributed by atoms with Gasteiger partial charge in [0.2, 0.25) is 29.0 Å². The third-order valence-electron chi connectivity index (χ3n) is 6.82. The third kappa shape index (κ3) is 2.66. The van der Waals surface area contributed by atoms with Gasteiger partial charge in [-0.15, -0.1) is 0 Å². The number of halogens is 2. The number of carbonyl (C=O) groups excluding carboxylic acids is 4. The van der Waals surface area contributed by atoms with Crippen LogP contribution in [0.2, 0.25) is 5.02 Å². The third-order valence-corrected chi connectivity index (χ3v) is 7.79. The highest BCUT2D eigenvalue weighted by molar-refractivity contribution is 9.10. The maximum absolute atomic E-state index is 13.8. The fourth-order valence-electron chi connectivity index (χ4n) is 5.35. The van der Waals surface area contributed by atoms with Crippen molar-refractivity contribution in [2.45, 2.75) is 11.7 Å². The van der Waals surface area contributed by atoms with E-state index >= 15 is 0 Å². The molecule has 6 nitrogen and oxygen atoms in total. The minimum atomic E-state index is -2.10. The fourth-order valence-corrected chi connectivity index (χ4v) is 5.99. The summed E-state index contributed by atoms with van der Waals surface area (Å²) in [5, 5.41) is 0.450. The van der Waals surface area contributed by atoms with E-state index in [9.17, 15) is 19.2 Å². The van der Waals surface area contributed by atoms with Crippen molar-refractivity contribution in [3.63, 3.8) is 0 Å². The van der Waals surface area contributed by atoms with E-state index in [1.807, 2.05) is 0 Å². The molecule has 0 aromatic heterocycles. The monoisotopic (exact) mass is 535 g/mol. The van der Waals surface area contributed by atoms with Crippen molar-refractivity contribution in [2.75, 3.05) is 4.90 Å². The van der Waals surface area contributed by atoms with Crippen LogP contribution in [0.3, 0.4) is 0 Å². The highest BCUT2D eigenvalue weighted by Gasteiger charge is 2.74. The molecule has 1 spiro atoms. The summed E-state index contributed by atoms with van der Waals surface area (Å²) in [5.74, 6) is -4.68. The number of nitrogens with zero attached hydrogens (tertiary/aromatic N) is 1. The number of Topliss-reactive ketones (excluding diaryl/α,β-unsaturated/α-hetero) is 2. The molecule has 3 aromatic carbocycles. The van der Waals surface area contributed by atoms with Gasteiger partial charge >= 0.3 is 0 Å². The van der Waals surface area contributed by atoms with E-state index in [0.717, 1.165) is 4.90 Å². The topological polar surface area (TPSA) is 80.8 Å². The minimum absolute atomic E-state index is 0.198. The Morgan fingerprint density at radius 1 is 0.794 bits per heavy atom. The second kappa shape index (κ2) is 7.43. The van der Waals surface area contributed by atoms with E-state index in [0.29, 0.717) is 20.7 Å².